The summed E-state index contributed by atoms with van der Waals surface area (Å²) in [6.45, 7) is 2.04. The van der Waals surface area contributed by atoms with E-state index in [0.29, 0.717) is 27.2 Å². The molecular formula is C17H18N4O3S2. The Kier molecular flexibility index (Phi) is 5.79. The van der Waals surface area contributed by atoms with Gasteiger partial charge >= 0.3 is 0 Å². The number of benzene rings is 1. The zero-order valence-corrected chi connectivity index (χ0v) is 16.2. The Bertz CT molecular complexity index is 907. The third-order valence-electron chi connectivity index (χ3n) is 3.66. The van der Waals surface area contributed by atoms with Gasteiger partial charge in [-0.05, 0) is 36.2 Å². The van der Waals surface area contributed by atoms with E-state index in [2.05, 4.69) is 19.9 Å². The van der Waals surface area contributed by atoms with E-state index in [1.807, 2.05) is 30.5 Å². The van der Waals surface area contributed by atoms with E-state index in [9.17, 15) is 4.79 Å². The van der Waals surface area contributed by atoms with Crippen LogP contribution in [0, 0.1) is 0 Å². The van der Waals surface area contributed by atoms with E-state index in [-0.39, 0.29) is 5.91 Å². The molecule has 3 rings (SSSR count). The maximum absolute atomic E-state index is 12.5. The van der Waals surface area contributed by atoms with E-state index in [1.54, 1.807) is 14.2 Å². The fourth-order valence-corrected chi connectivity index (χ4v) is 3.71. The Labute approximate surface area is 159 Å². The molecule has 2 heterocycles. The normalized spacial score (nSPS) is 10.6. The van der Waals surface area contributed by atoms with E-state index >= 15 is 0 Å². The summed E-state index contributed by atoms with van der Waals surface area (Å²) in [7, 11) is 3.21. The first-order valence-corrected chi connectivity index (χ1v) is 9.62. The SMILES string of the molecule is CCCc1nnsc1C(=O)Nc1nc(-c2cc(OC)ccc2OC)cs1. The van der Waals surface area contributed by atoms with Crippen molar-refractivity contribution in [2.45, 2.75) is 19.8 Å². The van der Waals surface area contributed by atoms with Gasteiger partial charge in [0, 0.05) is 10.9 Å². The first kappa shape index (κ1) is 18.3. The van der Waals surface area contributed by atoms with Crippen LogP contribution in [0.3, 0.4) is 0 Å². The molecule has 0 aliphatic rings. The highest BCUT2D eigenvalue weighted by Gasteiger charge is 2.18. The minimum atomic E-state index is -0.234. The molecule has 0 atom stereocenters. The summed E-state index contributed by atoms with van der Waals surface area (Å²) in [4.78, 5) is 17.5. The lowest BCUT2D eigenvalue weighted by Gasteiger charge is -2.08. The molecule has 0 aliphatic heterocycles. The molecule has 2 aromatic heterocycles. The van der Waals surface area contributed by atoms with E-state index in [1.165, 1.54) is 11.3 Å². The Balaban J connectivity index is 1.82. The molecule has 0 unspecified atom stereocenters. The van der Waals surface area contributed by atoms with Gasteiger partial charge in [-0.15, -0.1) is 16.4 Å². The third kappa shape index (κ3) is 3.83. The van der Waals surface area contributed by atoms with Crippen LogP contribution in [0.4, 0.5) is 5.13 Å². The number of hydrogen-bond donors (Lipinski definition) is 1. The Hall–Kier alpha value is -2.52. The minimum absolute atomic E-state index is 0.234. The van der Waals surface area contributed by atoms with E-state index in [0.717, 1.165) is 35.6 Å². The number of aromatic nitrogens is 3. The highest BCUT2D eigenvalue weighted by Crippen LogP contribution is 2.35. The van der Waals surface area contributed by atoms with E-state index < -0.39 is 0 Å². The molecule has 0 bridgehead atoms. The quantitative estimate of drug-likeness (QED) is 0.659. The van der Waals surface area contributed by atoms with Crippen molar-refractivity contribution in [1.82, 2.24) is 14.6 Å². The molecule has 7 nitrogen and oxygen atoms in total. The highest BCUT2D eigenvalue weighted by molar-refractivity contribution is 7.14. The fraction of sp³-hybridized carbons (Fsp3) is 0.294. The van der Waals surface area contributed by atoms with Crippen LogP contribution in [0.5, 0.6) is 11.5 Å². The van der Waals surface area contributed by atoms with Crippen LogP contribution in [-0.4, -0.2) is 34.7 Å². The second-order valence-corrected chi connectivity index (χ2v) is 6.97. The average molecular weight is 390 g/mol. The van der Waals surface area contributed by atoms with Gasteiger partial charge in [-0.3, -0.25) is 10.1 Å². The number of ether oxygens (including phenoxy) is 2. The monoisotopic (exact) mass is 390 g/mol. The number of methoxy groups -OCH3 is 2. The van der Waals surface area contributed by atoms with Gasteiger partial charge in [0.15, 0.2) is 5.13 Å². The summed E-state index contributed by atoms with van der Waals surface area (Å²) < 4.78 is 14.5. The van der Waals surface area contributed by atoms with Gasteiger partial charge in [0.2, 0.25) is 0 Å². The lowest BCUT2D eigenvalue weighted by atomic mass is 10.1. The second kappa shape index (κ2) is 8.24. The highest BCUT2D eigenvalue weighted by atomic mass is 32.1. The molecule has 9 heteroatoms. The van der Waals surface area contributed by atoms with Gasteiger partial charge in [-0.1, -0.05) is 17.8 Å². The number of hydrogen-bond acceptors (Lipinski definition) is 8. The Morgan fingerprint density at radius 3 is 2.85 bits per heavy atom. The molecule has 0 aliphatic carbocycles. The zero-order valence-electron chi connectivity index (χ0n) is 14.6. The fourth-order valence-electron chi connectivity index (χ4n) is 2.40. The number of thiazole rings is 1. The molecule has 0 spiro atoms. The molecule has 0 radical (unpaired) electrons. The molecule has 0 fully saturated rings. The van der Waals surface area contributed by atoms with Crippen LogP contribution in [0.2, 0.25) is 0 Å². The van der Waals surface area contributed by atoms with Crippen LogP contribution in [-0.2, 0) is 6.42 Å². The Morgan fingerprint density at radius 1 is 1.27 bits per heavy atom. The smallest absolute Gasteiger partial charge is 0.271 e. The van der Waals surface area contributed by atoms with Gasteiger partial charge in [-0.2, -0.15) is 0 Å². The van der Waals surface area contributed by atoms with Crippen LogP contribution in [0.25, 0.3) is 11.3 Å². The number of amides is 1. The molecule has 0 saturated heterocycles. The standard InChI is InChI=1S/C17H18N4O3S2/c1-4-5-12-15(26-21-20-12)16(22)19-17-18-13(9-25-17)11-8-10(23-2)6-7-14(11)24-3/h6-9H,4-5H2,1-3H3,(H,18,19,22). The molecule has 1 amide bonds. The number of rotatable bonds is 7. The molecule has 1 aromatic carbocycles. The van der Waals surface area contributed by atoms with Crippen molar-refractivity contribution >= 4 is 33.9 Å². The largest absolute Gasteiger partial charge is 0.497 e. The summed E-state index contributed by atoms with van der Waals surface area (Å²) in [5.74, 6) is 1.16. The summed E-state index contributed by atoms with van der Waals surface area (Å²) in [6, 6.07) is 5.50. The minimum Gasteiger partial charge on any atom is -0.497 e. The molecule has 26 heavy (non-hydrogen) atoms. The summed E-state index contributed by atoms with van der Waals surface area (Å²) in [6.07, 6.45) is 1.63. The number of nitrogens with one attached hydrogen (secondary N) is 1. The first-order chi connectivity index (χ1) is 12.7. The van der Waals surface area contributed by atoms with Crippen molar-refractivity contribution in [3.8, 4) is 22.8 Å². The molecular weight excluding hydrogens is 372 g/mol. The Morgan fingerprint density at radius 2 is 2.12 bits per heavy atom. The number of carbonyl (C=O) groups is 1. The predicted octanol–water partition coefficient (Wildman–Crippen LogP) is 3.88. The van der Waals surface area contributed by atoms with Crippen molar-refractivity contribution < 1.29 is 14.3 Å². The van der Waals surface area contributed by atoms with Gasteiger partial charge < -0.3 is 9.47 Å². The number of carbonyl (C=O) groups excluding carboxylic acids is 1. The molecule has 3 aromatic rings. The maximum Gasteiger partial charge on any atom is 0.271 e. The van der Waals surface area contributed by atoms with Crippen molar-refractivity contribution in [3.63, 3.8) is 0 Å². The topological polar surface area (TPSA) is 86.2 Å². The van der Waals surface area contributed by atoms with E-state index in [4.69, 9.17) is 9.47 Å². The van der Waals surface area contributed by atoms with Gasteiger partial charge in [-0.25, -0.2) is 4.98 Å². The second-order valence-electron chi connectivity index (χ2n) is 5.36. The molecule has 136 valence electrons. The number of nitrogens with zero attached hydrogens (tertiary/aromatic N) is 3. The van der Waals surface area contributed by atoms with Gasteiger partial charge in [0.25, 0.3) is 5.91 Å². The average Bonchev–Trinajstić information content (AvgIpc) is 3.31. The summed E-state index contributed by atoms with van der Waals surface area (Å²) in [5, 5.41) is 9.22. The lowest BCUT2D eigenvalue weighted by molar-refractivity contribution is 0.102. The van der Waals surface area contributed by atoms with Crippen LogP contribution >= 0.6 is 22.9 Å². The van der Waals surface area contributed by atoms with Gasteiger partial charge in [0.05, 0.1) is 25.6 Å². The predicted molar refractivity (Wildman–Crippen MR) is 103 cm³/mol. The summed E-state index contributed by atoms with van der Waals surface area (Å²) in [5.41, 5.74) is 2.23. The number of anilines is 1. The lowest BCUT2D eigenvalue weighted by Crippen LogP contribution is -2.12. The summed E-state index contributed by atoms with van der Waals surface area (Å²) >= 11 is 2.44. The van der Waals surface area contributed by atoms with Crippen molar-refractivity contribution in [2.75, 3.05) is 19.5 Å². The van der Waals surface area contributed by atoms with Crippen LogP contribution in [0.15, 0.2) is 23.6 Å². The third-order valence-corrected chi connectivity index (χ3v) is 5.18. The van der Waals surface area contributed by atoms with Crippen molar-refractivity contribution in [1.29, 1.82) is 0 Å². The van der Waals surface area contributed by atoms with Crippen molar-refractivity contribution in [3.05, 3.63) is 34.2 Å². The molecule has 1 N–H and O–H groups in total. The van der Waals surface area contributed by atoms with Crippen LogP contribution < -0.4 is 14.8 Å². The zero-order chi connectivity index (χ0) is 18.5. The first-order valence-electron chi connectivity index (χ1n) is 7.96. The van der Waals surface area contributed by atoms with Gasteiger partial charge in [0.1, 0.15) is 16.4 Å². The van der Waals surface area contributed by atoms with Crippen molar-refractivity contribution in [2.24, 2.45) is 0 Å². The maximum atomic E-state index is 12.5. The van der Waals surface area contributed by atoms with Crippen LogP contribution in [0.1, 0.15) is 28.7 Å². The molecule has 0 saturated carbocycles. The number of aryl methyl sites for hydroxylation is 1.